The molecular formula is C14H22N2O4S. The largest absolute Gasteiger partial charge is 0.481 e. The molecule has 1 aromatic carbocycles. The zero-order chi connectivity index (χ0) is 16.1. The van der Waals surface area contributed by atoms with Gasteiger partial charge in [-0.05, 0) is 32.0 Å². The van der Waals surface area contributed by atoms with Gasteiger partial charge in [-0.15, -0.1) is 0 Å². The highest BCUT2D eigenvalue weighted by Gasteiger charge is 2.35. The number of anilines is 1. The molecule has 1 aromatic rings. The van der Waals surface area contributed by atoms with Crippen molar-refractivity contribution in [1.82, 2.24) is 4.72 Å². The van der Waals surface area contributed by atoms with E-state index in [-0.39, 0.29) is 11.4 Å². The number of carbonyl (C=O) groups is 1. The number of benzene rings is 1. The van der Waals surface area contributed by atoms with Gasteiger partial charge < -0.3 is 10.4 Å². The van der Waals surface area contributed by atoms with Crippen LogP contribution in [0.2, 0.25) is 0 Å². The number of para-hydroxylation sites is 1. The van der Waals surface area contributed by atoms with Crippen molar-refractivity contribution in [3.8, 4) is 0 Å². The maximum atomic E-state index is 12.0. The average Bonchev–Trinajstić information content (AvgIpc) is 2.49. The third-order valence-electron chi connectivity index (χ3n) is 3.87. The van der Waals surface area contributed by atoms with Gasteiger partial charge in [-0.2, -0.15) is 0 Å². The lowest BCUT2D eigenvalue weighted by Crippen LogP contribution is -2.37. The molecule has 3 N–H and O–H groups in total. The topological polar surface area (TPSA) is 95.5 Å². The van der Waals surface area contributed by atoms with Crippen LogP contribution in [-0.4, -0.2) is 33.1 Å². The third kappa shape index (κ3) is 3.74. The normalized spacial score (nSPS) is 12.1. The maximum Gasteiger partial charge on any atom is 0.311 e. The summed E-state index contributed by atoms with van der Waals surface area (Å²) in [5, 5.41) is 12.4. The average molecular weight is 314 g/mol. The Kier molecular flexibility index (Phi) is 5.74. The molecular weight excluding hydrogens is 292 g/mol. The summed E-state index contributed by atoms with van der Waals surface area (Å²) >= 11 is 0. The lowest BCUT2D eigenvalue weighted by Gasteiger charge is -2.27. The monoisotopic (exact) mass is 314 g/mol. The number of rotatable bonds is 8. The van der Waals surface area contributed by atoms with Crippen LogP contribution in [0.3, 0.4) is 0 Å². The van der Waals surface area contributed by atoms with E-state index in [4.69, 9.17) is 0 Å². The van der Waals surface area contributed by atoms with Crippen LogP contribution in [0.4, 0.5) is 5.69 Å². The molecule has 0 aliphatic rings. The fourth-order valence-electron chi connectivity index (χ4n) is 2.10. The fourth-order valence-corrected chi connectivity index (χ4v) is 3.01. The van der Waals surface area contributed by atoms with E-state index in [2.05, 4.69) is 10.0 Å². The summed E-state index contributed by atoms with van der Waals surface area (Å²) in [6, 6.07) is 6.44. The van der Waals surface area contributed by atoms with Crippen LogP contribution in [0.5, 0.6) is 0 Å². The molecule has 0 saturated carbocycles. The first-order valence-electron chi connectivity index (χ1n) is 6.83. The molecule has 118 valence electrons. The molecule has 0 amide bonds. The molecule has 0 fully saturated rings. The zero-order valence-electron chi connectivity index (χ0n) is 12.5. The summed E-state index contributed by atoms with van der Waals surface area (Å²) in [6.45, 7) is 3.80. The number of hydrogen-bond acceptors (Lipinski definition) is 4. The van der Waals surface area contributed by atoms with Crippen LogP contribution in [0.25, 0.3) is 0 Å². The summed E-state index contributed by atoms with van der Waals surface area (Å²) in [5.41, 5.74) is -0.504. The number of carboxylic acids is 1. The van der Waals surface area contributed by atoms with E-state index in [1.165, 1.54) is 13.1 Å². The third-order valence-corrected chi connectivity index (χ3v) is 5.34. The minimum absolute atomic E-state index is 0.110. The van der Waals surface area contributed by atoms with Crippen LogP contribution in [0.1, 0.15) is 26.7 Å². The Morgan fingerprint density at radius 3 is 2.29 bits per heavy atom. The first-order valence-corrected chi connectivity index (χ1v) is 8.31. The number of nitrogens with one attached hydrogen (secondary N) is 2. The second-order valence-electron chi connectivity index (χ2n) is 4.85. The van der Waals surface area contributed by atoms with Crippen LogP contribution >= 0.6 is 0 Å². The van der Waals surface area contributed by atoms with Crippen molar-refractivity contribution < 1.29 is 18.3 Å². The van der Waals surface area contributed by atoms with Gasteiger partial charge in [0.2, 0.25) is 10.0 Å². The van der Waals surface area contributed by atoms with Gasteiger partial charge in [0.15, 0.2) is 0 Å². The highest BCUT2D eigenvalue weighted by atomic mass is 32.2. The Morgan fingerprint density at radius 1 is 1.24 bits per heavy atom. The quantitative estimate of drug-likeness (QED) is 0.681. The van der Waals surface area contributed by atoms with E-state index >= 15 is 0 Å². The molecule has 0 bridgehead atoms. The zero-order valence-corrected chi connectivity index (χ0v) is 13.3. The second-order valence-corrected chi connectivity index (χ2v) is 6.70. The predicted molar refractivity (Wildman–Crippen MR) is 81.8 cm³/mol. The molecule has 0 aliphatic heterocycles. The van der Waals surface area contributed by atoms with E-state index in [1.54, 1.807) is 18.2 Å². The van der Waals surface area contributed by atoms with Crippen molar-refractivity contribution >= 4 is 21.7 Å². The van der Waals surface area contributed by atoms with Crippen molar-refractivity contribution in [2.45, 2.75) is 31.6 Å². The molecule has 0 saturated heterocycles. The summed E-state index contributed by atoms with van der Waals surface area (Å²) in [7, 11) is -2.25. The van der Waals surface area contributed by atoms with Gasteiger partial charge in [-0.3, -0.25) is 4.79 Å². The van der Waals surface area contributed by atoms with E-state index in [9.17, 15) is 18.3 Å². The summed E-state index contributed by atoms with van der Waals surface area (Å²) in [6.07, 6.45) is 0.930. The number of hydrogen-bond donors (Lipinski definition) is 3. The van der Waals surface area contributed by atoms with Gasteiger partial charge in [0.25, 0.3) is 0 Å². The lowest BCUT2D eigenvalue weighted by molar-refractivity contribution is -0.148. The van der Waals surface area contributed by atoms with Crippen LogP contribution < -0.4 is 10.0 Å². The fraction of sp³-hybridized carbons (Fsp3) is 0.500. The predicted octanol–water partition coefficient (Wildman–Crippen LogP) is 1.90. The van der Waals surface area contributed by atoms with Crippen molar-refractivity contribution in [2.75, 3.05) is 18.9 Å². The van der Waals surface area contributed by atoms with Crippen LogP contribution in [0, 0.1) is 5.41 Å². The van der Waals surface area contributed by atoms with Crippen molar-refractivity contribution in [3.05, 3.63) is 24.3 Å². The Labute approximate surface area is 125 Å². The van der Waals surface area contributed by atoms with E-state index in [0.717, 1.165) is 0 Å². The standard InChI is InChI=1S/C14H22N2O4S/c1-4-14(5-2,13(17)18)10-16-11-8-6-7-9-12(11)21(19,20)15-3/h6-9,15-16H,4-5,10H2,1-3H3,(H,17,18). The minimum atomic E-state index is -3.59. The van der Waals surface area contributed by atoms with Gasteiger partial charge >= 0.3 is 5.97 Å². The molecule has 6 nitrogen and oxygen atoms in total. The Hall–Kier alpha value is -1.60. The molecule has 7 heteroatoms. The van der Waals surface area contributed by atoms with Crippen molar-refractivity contribution in [2.24, 2.45) is 5.41 Å². The van der Waals surface area contributed by atoms with E-state index < -0.39 is 21.4 Å². The molecule has 0 heterocycles. The Bertz CT molecular complexity index is 595. The first-order chi connectivity index (χ1) is 9.83. The summed E-state index contributed by atoms with van der Waals surface area (Å²) in [4.78, 5) is 11.6. The lowest BCUT2D eigenvalue weighted by atomic mass is 9.82. The van der Waals surface area contributed by atoms with Gasteiger partial charge in [-0.1, -0.05) is 26.0 Å². The van der Waals surface area contributed by atoms with Gasteiger partial charge in [0, 0.05) is 6.54 Å². The van der Waals surface area contributed by atoms with Crippen molar-refractivity contribution in [1.29, 1.82) is 0 Å². The van der Waals surface area contributed by atoms with E-state index in [1.807, 2.05) is 13.8 Å². The molecule has 21 heavy (non-hydrogen) atoms. The molecule has 0 aromatic heterocycles. The highest BCUT2D eigenvalue weighted by molar-refractivity contribution is 7.89. The molecule has 0 radical (unpaired) electrons. The maximum absolute atomic E-state index is 12.0. The van der Waals surface area contributed by atoms with Crippen molar-refractivity contribution in [3.63, 3.8) is 0 Å². The Morgan fingerprint density at radius 2 is 1.81 bits per heavy atom. The van der Waals surface area contributed by atoms with Crippen LogP contribution in [0.15, 0.2) is 29.2 Å². The Balaban J connectivity index is 3.08. The molecule has 0 unspecified atom stereocenters. The first kappa shape index (κ1) is 17.5. The minimum Gasteiger partial charge on any atom is -0.481 e. The highest BCUT2D eigenvalue weighted by Crippen LogP contribution is 2.29. The van der Waals surface area contributed by atoms with Gasteiger partial charge in [-0.25, -0.2) is 13.1 Å². The molecule has 0 atom stereocenters. The number of carboxylic acid groups (broad SMARTS) is 1. The molecule has 0 spiro atoms. The molecule has 0 aliphatic carbocycles. The van der Waals surface area contributed by atoms with Crippen LogP contribution in [-0.2, 0) is 14.8 Å². The summed E-state index contributed by atoms with van der Waals surface area (Å²) in [5.74, 6) is -0.881. The summed E-state index contributed by atoms with van der Waals surface area (Å²) < 4.78 is 26.2. The van der Waals surface area contributed by atoms with Gasteiger partial charge in [0.1, 0.15) is 4.90 Å². The SMILES string of the molecule is CCC(CC)(CNc1ccccc1S(=O)(=O)NC)C(=O)O. The number of aliphatic carboxylic acids is 1. The second kappa shape index (κ2) is 6.91. The van der Waals surface area contributed by atoms with Gasteiger partial charge in [0.05, 0.1) is 11.1 Å². The smallest absolute Gasteiger partial charge is 0.311 e. The molecule has 1 rings (SSSR count). The number of sulfonamides is 1. The van der Waals surface area contributed by atoms with E-state index in [0.29, 0.717) is 18.5 Å².